The maximum absolute atomic E-state index is 11.3. The van der Waals surface area contributed by atoms with Gasteiger partial charge in [0.05, 0.1) is 19.1 Å². The van der Waals surface area contributed by atoms with Crippen LogP contribution in [0.5, 0.6) is 0 Å². The molecule has 0 N–H and O–H groups in total. The van der Waals surface area contributed by atoms with Crippen LogP contribution in [0.1, 0.15) is 47.5 Å². The summed E-state index contributed by atoms with van der Waals surface area (Å²) < 4.78 is 6.29. The summed E-state index contributed by atoms with van der Waals surface area (Å²) in [7, 11) is 0. The van der Waals surface area contributed by atoms with Gasteiger partial charge in [0.1, 0.15) is 13.2 Å². The highest BCUT2D eigenvalue weighted by atomic mass is 16.5. The first-order chi connectivity index (χ1) is 8.56. The molecule has 106 valence electrons. The minimum absolute atomic E-state index is 0.229. The quantitative estimate of drug-likeness (QED) is 0.360. The van der Waals surface area contributed by atoms with Gasteiger partial charge in [-0.3, -0.25) is 0 Å². The Hall–Kier alpha value is -0.830. The van der Waals surface area contributed by atoms with Crippen LogP contribution in [-0.2, 0) is 9.53 Å². The molecule has 0 heterocycles. The number of quaternary nitrogens is 1. The van der Waals surface area contributed by atoms with E-state index in [0.29, 0.717) is 12.6 Å². The van der Waals surface area contributed by atoms with Gasteiger partial charge in [0, 0.05) is 6.08 Å². The average Bonchev–Trinajstić information content (AvgIpc) is 2.37. The number of rotatable bonds is 9. The molecule has 0 aliphatic carbocycles. The summed E-state index contributed by atoms with van der Waals surface area (Å²) in [5, 5.41) is 0. The number of carbonyl (C=O) groups excluding carboxylic acids is 1. The second kappa shape index (κ2) is 9.15. The molecule has 0 bridgehead atoms. The SMILES string of the molecule is C/C=C/C(=O)OCC[N+](CC)(CCC)C(C)CC. The molecule has 0 saturated carbocycles. The van der Waals surface area contributed by atoms with Crippen LogP contribution < -0.4 is 0 Å². The van der Waals surface area contributed by atoms with Gasteiger partial charge < -0.3 is 9.22 Å². The first kappa shape index (κ1) is 17.2. The van der Waals surface area contributed by atoms with E-state index < -0.39 is 0 Å². The van der Waals surface area contributed by atoms with Crippen molar-refractivity contribution in [1.29, 1.82) is 0 Å². The Bertz CT molecular complexity index is 263. The van der Waals surface area contributed by atoms with Crippen LogP contribution in [0.2, 0.25) is 0 Å². The number of esters is 1. The zero-order valence-electron chi connectivity index (χ0n) is 12.7. The Morgan fingerprint density at radius 1 is 1.28 bits per heavy atom. The molecular weight excluding hydrogens is 226 g/mol. The van der Waals surface area contributed by atoms with Crippen molar-refractivity contribution in [2.24, 2.45) is 0 Å². The van der Waals surface area contributed by atoms with Gasteiger partial charge in [0.15, 0.2) is 0 Å². The highest BCUT2D eigenvalue weighted by Crippen LogP contribution is 2.17. The number of nitrogens with zero attached hydrogens (tertiary/aromatic N) is 1. The van der Waals surface area contributed by atoms with E-state index in [-0.39, 0.29) is 5.97 Å². The number of carbonyl (C=O) groups is 1. The zero-order valence-corrected chi connectivity index (χ0v) is 12.7. The average molecular weight is 256 g/mol. The standard InChI is InChI=1S/C15H30NO2/c1-6-10-15(17)18-13-12-16(9-4,11-7-2)14(5)8-3/h6,10,14H,7-9,11-13H2,1-5H3/q+1/b10-6+. The molecule has 0 fully saturated rings. The van der Waals surface area contributed by atoms with Crippen LogP contribution in [0, 0.1) is 0 Å². The summed E-state index contributed by atoms with van der Waals surface area (Å²) in [6, 6.07) is 0.621. The minimum Gasteiger partial charge on any atom is -0.457 e. The van der Waals surface area contributed by atoms with Crippen molar-refractivity contribution in [1.82, 2.24) is 0 Å². The third kappa shape index (κ3) is 5.21. The van der Waals surface area contributed by atoms with Gasteiger partial charge in [-0.25, -0.2) is 4.79 Å². The van der Waals surface area contributed by atoms with Crippen molar-refractivity contribution in [3.63, 3.8) is 0 Å². The zero-order chi connectivity index (χ0) is 14.0. The van der Waals surface area contributed by atoms with Crippen LogP contribution in [-0.4, -0.2) is 42.7 Å². The molecule has 2 atom stereocenters. The molecule has 0 aromatic heterocycles. The fraction of sp³-hybridized carbons (Fsp3) is 0.800. The molecule has 0 rings (SSSR count). The summed E-state index contributed by atoms with van der Waals surface area (Å²) >= 11 is 0. The largest absolute Gasteiger partial charge is 0.457 e. The number of hydrogen-bond acceptors (Lipinski definition) is 2. The summed E-state index contributed by atoms with van der Waals surface area (Å²) in [5.41, 5.74) is 0. The van der Waals surface area contributed by atoms with E-state index in [1.54, 1.807) is 6.08 Å². The maximum Gasteiger partial charge on any atom is 0.330 e. The molecule has 0 aliphatic rings. The molecule has 2 unspecified atom stereocenters. The second-order valence-electron chi connectivity index (χ2n) is 4.91. The van der Waals surface area contributed by atoms with Gasteiger partial charge in [-0.2, -0.15) is 0 Å². The predicted octanol–water partition coefficient (Wildman–Crippen LogP) is 3.15. The molecule has 18 heavy (non-hydrogen) atoms. The van der Waals surface area contributed by atoms with E-state index in [4.69, 9.17) is 4.74 Å². The minimum atomic E-state index is -0.229. The molecule has 0 saturated heterocycles. The molecular formula is C15H30NO2+. The van der Waals surface area contributed by atoms with Gasteiger partial charge >= 0.3 is 5.97 Å². The van der Waals surface area contributed by atoms with Crippen molar-refractivity contribution < 1.29 is 14.0 Å². The Morgan fingerprint density at radius 2 is 1.94 bits per heavy atom. The maximum atomic E-state index is 11.3. The van der Waals surface area contributed by atoms with E-state index in [1.807, 2.05) is 6.92 Å². The summed E-state index contributed by atoms with van der Waals surface area (Å²) in [4.78, 5) is 11.3. The lowest BCUT2D eigenvalue weighted by Crippen LogP contribution is -2.56. The number of ether oxygens (including phenoxy) is 1. The predicted molar refractivity (Wildman–Crippen MR) is 76.4 cm³/mol. The topological polar surface area (TPSA) is 26.3 Å². The number of allylic oxidation sites excluding steroid dienone is 1. The van der Waals surface area contributed by atoms with E-state index >= 15 is 0 Å². The first-order valence-corrected chi connectivity index (χ1v) is 7.21. The lowest BCUT2D eigenvalue weighted by atomic mass is 10.1. The van der Waals surface area contributed by atoms with Gasteiger partial charge in [0.2, 0.25) is 0 Å². The molecule has 3 nitrogen and oxygen atoms in total. The van der Waals surface area contributed by atoms with E-state index in [1.165, 1.54) is 12.5 Å². The molecule has 0 aliphatic heterocycles. The Morgan fingerprint density at radius 3 is 2.39 bits per heavy atom. The van der Waals surface area contributed by atoms with E-state index in [2.05, 4.69) is 27.7 Å². The Labute approximate surface area is 112 Å². The third-order valence-electron chi connectivity index (χ3n) is 3.91. The number of hydrogen-bond donors (Lipinski definition) is 0. The first-order valence-electron chi connectivity index (χ1n) is 7.21. The van der Waals surface area contributed by atoms with Crippen LogP contribution in [0.3, 0.4) is 0 Å². The van der Waals surface area contributed by atoms with Crippen LogP contribution in [0.15, 0.2) is 12.2 Å². The van der Waals surface area contributed by atoms with Gasteiger partial charge in [-0.05, 0) is 33.6 Å². The fourth-order valence-corrected chi connectivity index (χ4v) is 2.53. The highest BCUT2D eigenvalue weighted by molar-refractivity contribution is 5.81. The molecule has 0 amide bonds. The van der Waals surface area contributed by atoms with Crippen LogP contribution in [0.25, 0.3) is 0 Å². The molecule has 0 radical (unpaired) electrons. The summed E-state index contributed by atoms with van der Waals surface area (Å²) in [5.74, 6) is -0.229. The summed E-state index contributed by atoms with van der Waals surface area (Å²) in [6.07, 6.45) is 5.52. The molecule has 3 heteroatoms. The molecule has 0 spiro atoms. The third-order valence-corrected chi connectivity index (χ3v) is 3.91. The lowest BCUT2D eigenvalue weighted by molar-refractivity contribution is -0.948. The van der Waals surface area contributed by atoms with Crippen molar-refractivity contribution in [2.75, 3.05) is 26.2 Å². The van der Waals surface area contributed by atoms with Crippen molar-refractivity contribution in [2.45, 2.75) is 53.5 Å². The molecule has 0 aromatic carbocycles. The van der Waals surface area contributed by atoms with Crippen LogP contribution >= 0.6 is 0 Å². The number of likely N-dealkylation sites (N-methyl/N-ethyl adjacent to an activating group) is 1. The van der Waals surface area contributed by atoms with Gasteiger partial charge in [-0.15, -0.1) is 0 Å². The van der Waals surface area contributed by atoms with Crippen molar-refractivity contribution >= 4 is 5.97 Å². The van der Waals surface area contributed by atoms with Gasteiger partial charge in [-0.1, -0.05) is 19.9 Å². The highest BCUT2D eigenvalue weighted by Gasteiger charge is 2.30. The van der Waals surface area contributed by atoms with Crippen molar-refractivity contribution in [3.05, 3.63) is 12.2 Å². The lowest BCUT2D eigenvalue weighted by Gasteiger charge is -2.42. The molecule has 0 aromatic rings. The Balaban J connectivity index is 4.45. The second-order valence-corrected chi connectivity index (χ2v) is 4.91. The smallest absolute Gasteiger partial charge is 0.330 e. The van der Waals surface area contributed by atoms with Crippen LogP contribution in [0.4, 0.5) is 0 Å². The van der Waals surface area contributed by atoms with Gasteiger partial charge in [0.25, 0.3) is 0 Å². The van der Waals surface area contributed by atoms with E-state index in [0.717, 1.165) is 30.5 Å². The fourth-order valence-electron chi connectivity index (χ4n) is 2.53. The van der Waals surface area contributed by atoms with E-state index in [9.17, 15) is 4.79 Å². The Kier molecular flexibility index (Phi) is 8.73. The van der Waals surface area contributed by atoms with Crippen molar-refractivity contribution in [3.8, 4) is 0 Å². The monoisotopic (exact) mass is 256 g/mol. The summed E-state index contributed by atoms with van der Waals surface area (Å²) in [6.45, 7) is 14.5. The normalized spacial score (nSPS) is 16.5.